The van der Waals surface area contributed by atoms with Crippen molar-refractivity contribution >= 4 is 11.9 Å². The van der Waals surface area contributed by atoms with E-state index in [1.165, 1.54) is 51.0 Å². The lowest BCUT2D eigenvalue weighted by molar-refractivity contribution is -0.150. The maximum absolute atomic E-state index is 11.1. The zero-order chi connectivity index (χ0) is 13.9. The molecule has 0 radical (unpaired) electrons. The highest BCUT2D eigenvalue weighted by Gasteiger charge is 2.20. The lowest BCUT2D eigenvalue weighted by Gasteiger charge is -1.99. The van der Waals surface area contributed by atoms with Crippen LogP contribution in [0, 0.1) is 0 Å². The first-order valence-corrected chi connectivity index (χ1v) is 7.38. The van der Waals surface area contributed by atoms with Crippen LogP contribution in [0.25, 0.3) is 0 Å². The molecule has 0 aromatic heterocycles. The van der Waals surface area contributed by atoms with E-state index >= 15 is 0 Å². The molecular weight excluding hydrogens is 240 g/mol. The molecule has 1 rings (SSSR count). The second-order valence-electron chi connectivity index (χ2n) is 4.97. The summed E-state index contributed by atoms with van der Waals surface area (Å²) in [4.78, 5) is 21.9. The van der Waals surface area contributed by atoms with Crippen LogP contribution >= 0.6 is 0 Å². The van der Waals surface area contributed by atoms with E-state index in [1.807, 2.05) is 6.08 Å². The quantitative estimate of drug-likeness (QED) is 0.339. The standard InChI is InChI=1S/C16H24O3/c1-2-3-4-5-6-7-8-9-10-11-12-14-13-15(17)19-16(14)18/h11-13H,2-10H2,1H3. The Hall–Kier alpha value is -1.38. The number of rotatable bonds is 10. The van der Waals surface area contributed by atoms with Gasteiger partial charge in [0, 0.05) is 6.08 Å². The zero-order valence-corrected chi connectivity index (χ0v) is 11.8. The average molecular weight is 264 g/mol. The number of carbonyl (C=O) groups excluding carboxylic acids is 2. The van der Waals surface area contributed by atoms with E-state index in [1.54, 1.807) is 6.08 Å². The fourth-order valence-electron chi connectivity index (χ4n) is 2.09. The normalized spacial score (nSPS) is 15.1. The van der Waals surface area contributed by atoms with E-state index < -0.39 is 11.9 Å². The number of allylic oxidation sites excluding steroid dienone is 1. The molecule has 1 aliphatic rings. The van der Waals surface area contributed by atoms with Gasteiger partial charge in [-0.25, -0.2) is 9.59 Å². The second kappa shape index (κ2) is 9.54. The third-order valence-electron chi connectivity index (χ3n) is 3.22. The fourth-order valence-corrected chi connectivity index (χ4v) is 2.09. The summed E-state index contributed by atoms with van der Waals surface area (Å²) in [5, 5.41) is 0. The topological polar surface area (TPSA) is 43.4 Å². The van der Waals surface area contributed by atoms with Gasteiger partial charge >= 0.3 is 11.9 Å². The average Bonchev–Trinajstić information content (AvgIpc) is 2.70. The minimum absolute atomic E-state index is 0.365. The molecule has 0 spiro atoms. The second-order valence-corrected chi connectivity index (χ2v) is 4.97. The number of hydrogen-bond acceptors (Lipinski definition) is 3. The van der Waals surface area contributed by atoms with Gasteiger partial charge in [0.25, 0.3) is 0 Å². The van der Waals surface area contributed by atoms with Crippen molar-refractivity contribution in [3.63, 3.8) is 0 Å². The molecule has 3 nitrogen and oxygen atoms in total. The molecular formula is C16H24O3. The van der Waals surface area contributed by atoms with Crippen molar-refractivity contribution in [2.75, 3.05) is 0 Å². The smallest absolute Gasteiger partial charge is 0.346 e. The molecule has 0 fully saturated rings. The summed E-state index contributed by atoms with van der Waals surface area (Å²) in [5.41, 5.74) is 0.365. The summed E-state index contributed by atoms with van der Waals surface area (Å²) in [6.45, 7) is 2.23. The molecule has 1 heterocycles. The van der Waals surface area contributed by atoms with Crippen molar-refractivity contribution in [3.05, 3.63) is 23.8 Å². The van der Waals surface area contributed by atoms with Crippen LogP contribution in [0.5, 0.6) is 0 Å². The highest BCUT2D eigenvalue weighted by molar-refractivity contribution is 6.10. The lowest BCUT2D eigenvalue weighted by Crippen LogP contribution is -2.00. The van der Waals surface area contributed by atoms with Gasteiger partial charge < -0.3 is 4.74 Å². The van der Waals surface area contributed by atoms with Gasteiger partial charge in [0.15, 0.2) is 0 Å². The van der Waals surface area contributed by atoms with Crippen LogP contribution < -0.4 is 0 Å². The minimum Gasteiger partial charge on any atom is -0.386 e. The monoisotopic (exact) mass is 264 g/mol. The van der Waals surface area contributed by atoms with Crippen molar-refractivity contribution in [1.29, 1.82) is 0 Å². The Kier molecular flexibility index (Phi) is 7.87. The predicted octanol–water partition coefficient (Wildman–Crippen LogP) is 4.08. The van der Waals surface area contributed by atoms with Gasteiger partial charge in [-0.05, 0) is 12.8 Å². The number of hydrogen-bond donors (Lipinski definition) is 0. The molecule has 106 valence electrons. The van der Waals surface area contributed by atoms with Gasteiger partial charge in [-0.3, -0.25) is 0 Å². The molecule has 19 heavy (non-hydrogen) atoms. The van der Waals surface area contributed by atoms with Crippen LogP contribution in [-0.2, 0) is 14.3 Å². The van der Waals surface area contributed by atoms with E-state index in [9.17, 15) is 9.59 Å². The third kappa shape index (κ3) is 6.94. The first-order chi connectivity index (χ1) is 9.24. The Morgan fingerprint density at radius 2 is 1.63 bits per heavy atom. The Morgan fingerprint density at radius 3 is 2.21 bits per heavy atom. The largest absolute Gasteiger partial charge is 0.386 e. The van der Waals surface area contributed by atoms with E-state index in [4.69, 9.17) is 0 Å². The maximum Gasteiger partial charge on any atom is 0.346 e. The molecule has 0 atom stereocenters. The summed E-state index contributed by atoms with van der Waals surface area (Å²) in [5.74, 6) is -1.09. The van der Waals surface area contributed by atoms with Gasteiger partial charge in [0.1, 0.15) is 0 Å². The van der Waals surface area contributed by atoms with Crippen molar-refractivity contribution in [2.45, 2.75) is 64.7 Å². The predicted molar refractivity (Wildman–Crippen MR) is 75.5 cm³/mol. The van der Waals surface area contributed by atoms with Gasteiger partial charge in [0.05, 0.1) is 5.57 Å². The molecule has 0 aliphatic carbocycles. The molecule has 0 unspecified atom stereocenters. The molecule has 0 N–H and O–H groups in total. The molecule has 0 aromatic carbocycles. The Balaban J connectivity index is 1.98. The first-order valence-electron chi connectivity index (χ1n) is 7.38. The summed E-state index contributed by atoms with van der Waals surface area (Å²) >= 11 is 0. The highest BCUT2D eigenvalue weighted by atomic mass is 16.6. The maximum atomic E-state index is 11.1. The molecule has 0 aromatic rings. The van der Waals surface area contributed by atoms with Crippen LogP contribution in [0.2, 0.25) is 0 Å². The number of cyclic esters (lactones) is 2. The Labute approximate surface area is 115 Å². The first kappa shape index (κ1) is 15.7. The van der Waals surface area contributed by atoms with Crippen molar-refractivity contribution in [2.24, 2.45) is 0 Å². The fraction of sp³-hybridized carbons (Fsp3) is 0.625. The third-order valence-corrected chi connectivity index (χ3v) is 3.22. The summed E-state index contributed by atoms with van der Waals surface area (Å²) in [7, 11) is 0. The van der Waals surface area contributed by atoms with Gasteiger partial charge in [-0.1, -0.05) is 64.0 Å². The van der Waals surface area contributed by atoms with Crippen molar-refractivity contribution in [1.82, 2.24) is 0 Å². The molecule has 0 amide bonds. The van der Waals surface area contributed by atoms with Crippen LogP contribution in [0.15, 0.2) is 23.8 Å². The van der Waals surface area contributed by atoms with E-state index in [0.29, 0.717) is 5.57 Å². The molecule has 0 bridgehead atoms. The van der Waals surface area contributed by atoms with E-state index in [-0.39, 0.29) is 0 Å². The number of ether oxygens (including phenoxy) is 1. The highest BCUT2D eigenvalue weighted by Crippen LogP contribution is 2.12. The molecule has 3 heteroatoms. The zero-order valence-electron chi connectivity index (χ0n) is 11.8. The van der Waals surface area contributed by atoms with Crippen LogP contribution in [-0.4, -0.2) is 11.9 Å². The van der Waals surface area contributed by atoms with Crippen LogP contribution in [0.1, 0.15) is 64.7 Å². The van der Waals surface area contributed by atoms with Crippen LogP contribution in [0.4, 0.5) is 0 Å². The summed E-state index contributed by atoms with van der Waals surface area (Å²) in [6.07, 6.45) is 16.2. The minimum atomic E-state index is -0.559. The van der Waals surface area contributed by atoms with Crippen molar-refractivity contribution in [3.8, 4) is 0 Å². The summed E-state index contributed by atoms with van der Waals surface area (Å²) in [6, 6.07) is 0. The van der Waals surface area contributed by atoms with E-state index in [0.717, 1.165) is 12.8 Å². The van der Waals surface area contributed by atoms with Gasteiger partial charge in [-0.15, -0.1) is 0 Å². The lowest BCUT2D eigenvalue weighted by atomic mass is 10.1. The Morgan fingerprint density at radius 1 is 1.00 bits per heavy atom. The number of esters is 2. The van der Waals surface area contributed by atoms with E-state index in [2.05, 4.69) is 11.7 Å². The molecule has 0 saturated heterocycles. The van der Waals surface area contributed by atoms with Crippen molar-refractivity contribution < 1.29 is 14.3 Å². The Bertz CT molecular complexity index is 353. The van der Waals surface area contributed by atoms with Gasteiger partial charge in [-0.2, -0.15) is 0 Å². The van der Waals surface area contributed by atoms with Crippen LogP contribution in [0.3, 0.4) is 0 Å². The number of unbranched alkanes of at least 4 members (excludes halogenated alkanes) is 8. The van der Waals surface area contributed by atoms with Gasteiger partial charge in [0.2, 0.25) is 0 Å². The molecule has 0 saturated carbocycles. The number of carbonyl (C=O) groups is 2. The summed E-state index contributed by atoms with van der Waals surface area (Å²) < 4.78 is 4.39. The SMILES string of the molecule is CCCCCCCCCCC=CC1=CC(=O)OC1=O. The molecule has 1 aliphatic heterocycles.